The maximum Gasteiger partial charge on any atom is 0.322 e. The summed E-state index contributed by atoms with van der Waals surface area (Å²) in [6.07, 6.45) is 3.25. The number of amides is 1. The van der Waals surface area contributed by atoms with Gasteiger partial charge in [0.1, 0.15) is 10.3 Å². The first-order chi connectivity index (χ1) is 13.4. The minimum Gasteiger partial charge on any atom is -0.459 e. The van der Waals surface area contributed by atoms with Crippen molar-refractivity contribution in [3.8, 4) is 11.7 Å². The molecule has 1 N–H and O–H groups in total. The minimum absolute atomic E-state index is 0.107. The molecule has 1 fully saturated rings. The van der Waals surface area contributed by atoms with Crippen LogP contribution in [0.1, 0.15) is 19.3 Å². The molecule has 0 spiro atoms. The van der Waals surface area contributed by atoms with E-state index in [-0.39, 0.29) is 22.7 Å². The lowest BCUT2D eigenvalue weighted by atomic mass is 10.0. The van der Waals surface area contributed by atoms with Crippen LogP contribution in [-0.4, -0.2) is 41.4 Å². The minimum atomic E-state index is -3.83. The number of hydrogen-bond donors (Lipinski definition) is 1. The number of carbonyl (C=O) groups is 1. The molecule has 0 bridgehead atoms. The number of nitrogens with one attached hydrogen (secondary N) is 1. The predicted octanol–water partition coefficient (Wildman–Crippen LogP) is 3.23. The Kier molecular flexibility index (Phi) is 5.23. The van der Waals surface area contributed by atoms with Gasteiger partial charge in [-0.25, -0.2) is 8.42 Å². The van der Waals surface area contributed by atoms with Gasteiger partial charge in [-0.05, 0) is 37.1 Å². The van der Waals surface area contributed by atoms with Gasteiger partial charge >= 0.3 is 6.01 Å². The number of thiophene rings is 1. The van der Waals surface area contributed by atoms with Crippen molar-refractivity contribution >= 4 is 44.9 Å². The summed E-state index contributed by atoms with van der Waals surface area (Å²) in [5.74, 6) is -0.0494. The summed E-state index contributed by atoms with van der Waals surface area (Å²) in [6.45, 7) is 0.247. The van der Waals surface area contributed by atoms with Crippen molar-refractivity contribution < 1.29 is 22.0 Å². The molecule has 1 aliphatic rings. The maximum atomic E-state index is 13.0. The molecule has 4 heterocycles. The van der Waals surface area contributed by atoms with Gasteiger partial charge < -0.3 is 8.83 Å². The summed E-state index contributed by atoms with van der Waals surface area (Å²) >= 11 is 6.84. The van der Waals surface area contributed by atoms with Crippen LogP contribution in [0.4, 0.5) is 6.01 Å². The molecule has 1 atom stereocenters. The fraction of sp³-hybridized carbons (Fsp3) is 0.312. The Hall–Kier alpha value is -2.21. The van der Waals surface area contributed by atoms with Gasteiger partial charge in [-0.1, -0.05) is 23.1 Å². The van der Waals surface area contributed by atoms with Crippen LogP contribution >= 0.6 is 22.9 Å². The largest absolute Gasteiger partial charge is 0.459 e. The van der Waals surface area contributed by atoms with Crippen LogP contribution < -0.4 is 5.32 Å². The molecule has 4 rings (SSSR count). The average Bonchev–Trinajstić information content (AvgIpc) is 3.43. The smallest absolute Gasteiger partial charge is 0.322 e. The standard InChI is InChI=1S/C16H15ClN4O5S2/c17-12-6-7-13(27-12)28(23,24)21-8-2-1-4-10(21)14(22)18-16-20-19-15(26-16)11-5-3-9-25-11/h3,5-7,9-10H,1-2,4,8H2,(H,18,20,22)/t10-/m0/s1. The summed E-state index contributed by atoms with van der Waals surface area (Å²) < 4.78 is 38.1. The van der Waals surface area contributed by atoms with Gasteiger partial charge in [-0.15, -0.1) is 16.4 Å². The number of piperidine rings is 1. The predicted molar refractivity (Wildman–Crippen MR) is 101 cm³/mol. The summed E-state index contributed by atoms with van der Waals surface area (Å²) in [7, 11) is -3.83. The fourth-order valence-electron chi connectivity index (χ4n) is 2.97. The third-order valence-electron chi connectivity index (χ3n) is 4.25. The SMILES string of the molecule is O=C(Nc1nnc(-c2ccco2)o1)[C@@H]1CCCCN1S(=O)(=O)c1ccc(Cl)s1. The van der Waals surface area contributed by atoms with Gasteiger partial charge in [0.05, 0.1) is 10.6 Å². The van der Waals surface area contributed by atoms with E-state index in [9.17, 15) is 13.2 Å². The molecule has 12 heteroatoms. The summed E-state index contributed by atoms with van der Waals surface area (Å²) in [5.41, 5.74) is 0. The van der Waals surface area contributed by atoms with E-state index in [1.165, 1.54) is 22.7 Å². The Morgan fingerprint density at radius 3 is 2.86 bits per heavy atom. The lowest BCUT2D eigenvalue weighted by Crippen LogP contribution is -2.49. The second kappa shape index (κ2) is 7.66. The zero-order valence-electron chi connectivity index (χ0n) is 14.4. The molecule has 1 saturated heterocycles. The first kappa shape index (κ1) is 19.1. The number of rotatable bonds is 5. The lowest BCUT2D eigenvalue weighted by Gasteiger charge is -2.32. The van der Waals surface area contributed by atoms with Crippen molar-refractivity contribution in [1.29, 1.82) is 0 Å². The zero-order chi connectivity index (χ0) is 19.7. The van der Waals surface area contributed by atoms with Crippen molar-refractivity contribution in [2.75, 3.05) is 11.9 Å². The first-order valence-electron chi connectivity index (χ1n) is 8.40. The average molecular weight is 443 g/mol. The Balaban J connectivity index is 1.53. The van der Waals surface area contributed by atoms with E-state index in [0.29, 0.717) is 22.9 Å². The summed E-state index contributed by atoms with van der Waals surface area (Å²) in [6, 6.07) is 5.27. The van der Waals surface area contributed by atoms with E-state index in [1.54, 1.807) is 12.1 Å². The van der Waals surface area contributed by atoms with Crippen LogP contribution in [0.15, 0.2) is 43.6 Å². The molecule has 0 radical (unpaired) electrons. The third-order valence-corrected chi connectivity index (χ3v) is 7.86. The molecule has 148 valence electrons. The molecule has 0 aromatic carbocycles. The normalized spacial score (nSPS) is 18.2. The Bertz CT molecular complexity index is 1080. The molecule has 9 nitrogen and oxygen atoms in total. The molecule has 1 aliphatic heterocycles. The van der Waals surface area contributed by atoms with Crippen LogP contribution in [-0.2, 0) is 14.8 Å². The number of carbonyl (C=O) groups excluding carboxylic acids is 1. The van der Waals surface area contributed by atoms with Crippen molar-refractivity contribution in [3.63, 3.8) is 0 Å². The van der Waals surface area contributed by atoms with Crippen LogP contribution in [0.2, 0.25) is 4.34 Å². The summed E-state index contributed by atoms with van der Waals surface area (Å²) in [4.78, 5) is 12.8. The highest BCUT2D eigenvalue weighted by atomic mass is 35.5. The second-order valence-electron chi connectivity index (χ2n) is 6.06. The van der Waals surface area contributed by atoms with E-state index in [4.69, 9.17) is 20.4 Å². The molecule has 3 aromatic rings. The number of hydrogen-bond acceptors (Lipinski definition) is 8. The van der Waals surface area contributed by atoms with Gasteiger partial charge in [-0.2, -0.15) is 4.31 Å². The Labute approximate surface area is 169 Å². The quantitative estimate of drug-likeness (QED) is 0.644. The molecular weight excluding hydrogens is 428 g/mol. The number of anilines is 1. The number of aromatic nitrogens is 2. The first-order valence-corrected chi connectivity index (χ1v) is 11.0. The van der Waals surface area contributed by atoms with Crippen molar-refractivity contribution in [3.05, 3.63) is 34.9 Å². The van der Waals surface area contributed by atoms with E-state index in [2.05, 4.69) is 15.5 Å². The van der Waals surface area contributed by atoms with E-state index < -0.39 is 22.0 Å². The lowest BCUT2D eigenvalue weighted by molar-refractivity contribution is -0.120. The van der Waals surface area contributed by atoms with Gasteiger partial charge in [0.2, 0.25) is 5.91 Å². The maximum absolute atomic E-state index is 13.0. The molecular formula is C16H15ClN4O5S2. The number of furan rings is 1. The molecule has 1 amide bonds. The fourth-order valence-corrected chi connectivity index (χ4v) is 6.24. The number of sulfonamides is 1. The van der Waals surface area contributed by atoms with Gasteiger partial charge in [-0.3, -0.25) is 10.1 Å². The van der Waals surface area contributed by atoms with Crippen LogP contribution in [0.25, 0.3) is 11.7 Å². The highest BCUT2D eigenvalue weighted by molar-refractivity contribution is 7.91. The monoisotopic (exact) mass is 442 g/mol. The highest BCUT2D eigenvalue weighted by Crippen LogP contribution is 2.32. The zero-order valence-corrected chi connectivity index (χ0v) is 16.8. The topological polar surface area (TPSA) is 119 Å². The third kappa shape index (κ3) is 3.70. The van der Waals surface area contributed by atoms with Crippen LogP contribution in [0.5, 0.6) is 0 Å². The molecule has 3 aromatic heterocycles. The van der Waals surface area contributed by atoms with Gasteiger partial charge in [0.15, 0.2) is 5.76 Å². The van der Waals surface area contributed by atoms with E-state index in [0.717, 1.165) is 17.8 Å². The van der Waals surface area contributed by atoms with E-state index >= 15 is 0 Å². The molecule has 0 aliphatic carbocycles. The molecule has 0 unspecified atom stereocenters. The Morgan fingerprint density at radius 1 is 1.29 bits per heavy atom. The van der Waals surface area contributed by atoms with Crippen molar-refractivity contribution in [2.24, 2.45) is 0 Å². The molecule has 28 heavy (non-hydrogen) atoms. The second-order valence-corrected chi connectivity index (χ2v) is 9.90. The van der Waals surface area contributed by atoms with Crippen molar-refractivity contribution in [2.45, 2.75) is 29.5 Å². The van der Waals surface area contributed by atoms with Crippen LogP contribution in [0.3, 0.4) is 0 Å². The van der Waals surface area contributed by atoms with Gasteiger partial charge in [0, 0.05) is 6.54 Å². The highest BCUT2D eigenvalue weighted by Gasteiger charge is 2.38. The number of nitrogens with zero attached hydrogens (tertiary/aromatic N) is 3. The van der Waals surface area contributed by atoms with E-state index in [1.807, 2.05) is 0 Å². The number of halogens is 1. The Morgan fingerprint density at radius 2 is 2.14 bits per heavy atom. The van der Waals surface area contributed by atoms with Crippen molar-refractivity contribution in [1.82, 2.24) is 14.5 Å². The summed E-state index contributed by atoms with van der Waals surface area (Å²) in [5, 5.41) is 10.1. The van der Waals surface area contributed by atoms with Crippen LogP contribution in [0, 0.1) is 0 Å². The van der Waals surface area contributed by atoms with Gasteiger partial charge in [0.25, 0.3) is 15.9 Å². The molecule has 0 saturated carbocycles.